The van der Waals surface area contributed by atoms with Crippen LogP contribution in [-0.2, 0) is 0 Å². The van der Waals surface area contributed by atoms with E-state index in [0.29, 0.717) is 16.3 Å². The van der Waals surface area contributed by atoms with Gasteiger partial charge in [-0.2, -0.15) is 5.26 Å². The van der Waals surface area contributed by atoms with Gasteiger partial charge in [0.2, 0.25) is 0 Å². The number of nitriles is 1. The van der Waals surface area contributed by atoms with Gasteiger partial charge in [0, 0.05) is 22.1 Å². The Balaban J connectivity index is 2.58. The van der Waals surface area contributed by atoms with Crippen molar-refractivity contribution in [1.29, 1.82) is 5.26 Å². The second-order valence-electron chi connectivity index (χ2n) is 4.34. The molecule has 0 saturated heterocycles. The number of hydrogen-bond donors (Lipinski definition) is 2. The number of allylic oxidation sites excluding steroid dienone is 3. The van der Waals surface area contributed by atoms with Crippen molar-refractivity contribution in [2.24, 2.45) is 5.73 Å². The zero-order valence-corrected chi connectivity index (χ0v) is 11.0. The number of hydrogen-bond acceptors (Lipinski definition) is 3. The van der Waals surface area contributed by atoms with E-state index in [1.165, 1.54) is 0 Å². The lowest BCUT2D eigenvalue weighted by Crippen LogP contribution is -2.27. The molecule has 1 aromatic carbocycles. The summed E-state index contributed by atoms with van der Waals surface area (Å²) in [6.07, 6.45) is 0. The topological polar surface area (TPSA) is 61.8 Å². The lowest BCUT2D eigenvalue weighted by Gasteiger charge is -2.27. The number of dihydropyridines is 1. The van der Waals surface area contributed by atoms with E-state index in [9.17, 15) is 5.26 Å². The normalized spacial score (nSPS) is 19.6. The lowest BCUT2D eigenvalue weighted by atomic mass is 9.85. The minimum Gasteiger partial charge on any atom is -0.400 e. The van der Waals surface area contributed by atoms with Gasteiger partial charge in [-0.25, -0.2) is 0 Å². The predicted molar refractivity (Wildman–Crippen MR) is 72.5 cm³/mol. The van der Waals surface area contributed by atoms with Gasteiger partial charge in [-0.3, -0.25) is 0 Å². The van der Waals surface area contributed by atoms with Gasteiger partial charge in [0.05, 0.1) is 17.6 Å². The van der Waals surface area contributed by atoms with Gasteiger partial charge in [-0.05, 0) is 31.5 Å². The molecule has 0 amide bonds. The first-order valence-electron chi connectivity index (χ1n) is 5.64. The van der Waals surface area contributed by atoms with Crippen LogP contribution >= 0.6 is 11.6 Å². The van der Waals surface area contributed by atoms with Crippen LogP contribution in [0.2, 0.25) is 5.02 Å². The van der Waals surface area contributed by atoms with Crippen molar-refractivity contribution in [2.45, 2.75) is 19.8 Å². The van der Waals surface area contributed by atoms with Crippen molar-refractivity contribution in [3.63, 3.8) is 0 Å². The highest BCUT2D eigenvalue weighted by molar-refractivity contribution is 6.30. The third-order valence-electron chi connectivity index (χ3n) is 3.11. The maximum Gasteiger partial charge on any atom is 0.0976 e. The third-order valence-corrected chi connectivity index (χ3v) is 3.35. The minimum absolute atomic E-state index is 0.213. The van der Waals surface area contributed by atoms with Crippen molar-refractivity contribution in [1.82, 2.24) is 5.32 Å². The summed E-state index contributed by atoms with van der Waals surface area (Å²) in [5.41, 5.74) is 10.1. The van der Waals surface area contributed by atoms with Gasteiger partial charge >= 0.3 is 0 Å². The highest BCUT2D eigenvalue weighted by Gasteiger charge is 2.27. The summed E-state index contributed by atoms with van der Waals surface area (Å²) in [5.74, 6) is -0.213. The largest absolute Gasteiger partial charge is 0.400 e. The third kappa shape index (κ3) is 2.07. The Bertz CT molecular complexity index is 593. The van der Waals surface area contributed by atoms with Gasteiger partial charge in [0.25, 0.3) is 0 Å². The maximum atomic E-state index is 9.31. The summed E-state index contributed by atoms with van der Waals surface area (Å²) in [5, 5.41) is 13.1. The fourth-order valence-electron chi connectivity index (χ4n) is 2.19. The monoisotopic (exact) mass is 259 g/mol. The number of nitrogens with zero attached hydrogens (tertiary/aromatic N) is 1. The molecule has 0 bridgehead atoms. The summed E-state index contributed by atoms with van der Waals surface area (Å²) in [4.78, 5) is 0. The molecule has 92 valence electrons. The quantitative estimate of drug-likeness (QED) is 0.815. The van der Waals surface area contributed by atoms with Crippen LogP contribution in [0.3, 0.4) is 0 Å². The zero-order chi connectivity index (χ0) is 13.3. The lowest BCUT2D eigenvalue weighted by molar-refractivity contribution is 0.782. The Hall–Kier alpha value is -1.92. The second-order valence-corrected chi connectivity index (χ2v) is 4.78. The van der Waals surface area contributed by atoms with Gasteiger partial charge in [0.15, 0.2) is 0 Å². The molecule has 1 unspecified atom stereocenters. The zero-order valence-electron chi connectivity index (χ0n) is 10.3. The average Bonchev–Trinajstić information content (AvgIpc) is 2.33. The van der Waals surface area contributed by atoms with E-state index in [0.717, 1.165) is 17.0 Å². The SMILES string of the molecule is CC1=C(N)C(c2cccc(Cl)c2)C(C#N)=C(C)N1. The molecule has 0 spiro atoms. The number of rotatable bonds is 1. The summed E-state index contributed by atoms with van der Waals surface area (Å²) in [6.45, 7) is 3.79. The molecule has 3 N–H and O–H groups in total. The van der Waals surface area contributed by atoms with Crippen LogP contribution in [0.1, 0.15) is 25.3 Å². The van der Waals surface area contributed by atoms with Crippen molar-refractivity contribution in [3.05, 3.63) is 57.5 Å². The van der Waals surface area contributed by atoms with Crippen LogP contribution in [0.25, 0.3) is 0 Å². The molecule has 0 radical (unpaired) electrons. The fourth-order valence-corrected chi connectivity index (χ4v) is 2.39. The van der Waals surface area contributed by atoms with Gasteiger partial charge in [-0.1, -0.05) is 23.7 Å². The minimum atomic E-state index is -0.213. The summed E-state index contributed by atoms with van der Waals surface area (Å²) in [7, 11) is 0. The van der Waals surface area contributed by atoms with E-state index < -0.39 is 0 Å². The Morgan fingerprint density at radius 1 is 1.33 bits per heavy atom. The first-order valence-corrected chi connectivity index (χ1v) is 6.02. The van der Waals surface area contributed by atoms with Crippen molar-refractivity contribution in [2.75, 3.05) is 0 Å². The fraction of sp³-hybridized carbons (Fsp3) is 0.214. The molecular formula is C14H14ClN3. The van der Waals surface area contributed by atoms with E-state index in [2.05, 4.69) is 11.4 Å². The summed E-state index contributed by atoms with van der Waals surface area (Å²) >= 11 is 6.00. The average molecular weight is 260 g/mol. The number of nitrogens with one attached hydrogen (secondary N) is 1. The second kappa shape index (κ2) is 4.75. The molecule has 1 aliphatic heterocycles. The van der Waals surface area contributed by atoms with Crippen LogP contribution in [0, 0.1) is 11.3 Å². The predicted octanol–water partition coefficient (Wildman–Crippen LogP) is 3.01. The molecule has 0 saturated carbocycles. The van der Waals surface area contributed by atoms with Gasteiger partial charge in [0.1, 0.15) is 0 Å². The smallest absolute Gasteiger partial charge is 0.0976 e. The van der Waals surface area contributed by atoms with Crippen LogP contribution in [-0.4, -0.2) is 0 Å². The molecule has 1 heterocycles. The summed E-state index contributed by atoms with van der Waals surface area (Å²) < 4.78 is 0. The van der Waals surface area contributed by atoms with Crippen LogP contribution in [0.5, 0.6) is 0 Å². The van der Waals surface area contributed by atoms with Crippen molar-refractivity contribution >= 4 is 11.6 Å². The first kappa shape index (κ1) is 12.5. The van der Waals surface area contributed by atoms with E-state index in [4.69, 9.17) is 17.3 Å². The van der Waals surface area contributed by atoms with E-state index >= 15 is 0 Å². The molecule has 0 aliphatic carbocycles. The Kier molecular flexibility index (Phi) is 3.31. The molecular weight excluding hydrogens is 246 g/mol. The molecule has 3 nitrogen and oxygen atoms in total. The molecule has 2 rings (SSSR count). The first-order chi connectivity index (χ1) is 8.54. The number of benzene rings is 1. The molecule has 0 fully saturated rings. The standard InChI is InChI=1S/C14H14ClN3/c1-8-12(7-16)13(14(17)9(2)18-8)10-4-3-5-11(15)6-10/h3-6,13,18H,17H2,1-2H3. The Morgan fingerprint density at radius 3 is 2.67 bits per heavy atom. The Labute approximate surface area is 112 Å². The molecule has 1 aliphatic rings. The van der Waals surface area contributed by atoms with Crippen LogP contribution in [0.15, 0.2) is 46.9 Å². The number of halogens is 1. The van der Waals surface area contributed by atoms with Crippen molar-refractivity contribution < 1.29 is 0 Å². The molecule has 4 heteroatoms. The highest BCUT2D eigenvalue weighted by atomic mass is 35.5. The maximum absolute atomic E-state index is 9.31. The van der Waals surface area contributed by atoms with Crippen LogP contribution in [0.4, 0.5) is 0 Å². The van der Waals surface area contributed by atoms with E-state index in [1.807, 2.05) is 38.1 Å². The van der Waals surface area contributed by atoms with E-state index in [-0.39, 0.29) is 5.92 Å². The Morgan fingerprint density at radius 2 is 2.06 bits per heavy atom. The van der Waals surface area contributed by atoms with Crippen molar-refractivity contribution in [3.8, 4) is 6.07 Å². The number of nitrogens with two attached hydrogens (primary N) is 1. The highest BCUT2D eigenvalue weighted by Crippen LogP contribution is 2.35. The molecule has 0 aromatic heterocycles. The van der Waals surface area contributed by atoms with E-state index in [1.54, 1.807) is 0 Å². The van der Waals surface area contributed by atoms with Crippen LogP contribution < -0.4 is 11.1 Å². The molecule has 1 aromatic rings. The van der Waals surface area contributed by atoms with Gasteiger partial charge in [-0.15, -0.1) is 0 Å². The summed E-state index contributed by atoms with van der Waals surface area (Å²) in [6, 6.07) is 9.69. The van der Waals surface area contributed by atoms with Gasteiger partial charge < -0.3 is 11.1 Å². The molecule has 18 heavy (non-hydrogen) atoms. The molecule has 1 atom stereocenters.